The van der Waals surface area contributed by atoms with Gasteiger partial charge in [-0.1, -0.05) is 0 Å². The molecule has 0 radical (unpaired) electrons. The summed E-state index contributed by atoms with van der Waals surface area (Å²) in [6.45, 7) is 3.17. The van der Waals surface area contributed by atoms with Gasteiger partial charge in [-0.15, -0.1) is 0 Å². The van der Waals surface area contributed by atoms with Crippen LogP contribution < -0.4 is 0 Å². The van der Waals surface area contributed by atoms with Gasteiger partial charge in [0.15, 0.2) is 0 Å². The largest absolute Gasteiger partial charge is 0.345 e. The lowest BCUT2D eigenvalue weighted by atomic mass is 10.5. The summed E-state index contributed by atoms with van der Waals surface area (Å²) in [6, 6.07) is 3.83. The van der Waals surface area contributed by atoms with Crippen molar-refractivity contribution in [2.45, 2.75) is 13.5 Å². The Morgan fingerprint density at radius 1 is 1.42 bits per heavy atom. The number of aromatic nitrogens is 1. The van der Waals surface area contributed by atoms with Gasteiger partial charge in [-0.05, 0) is 19.1 Å². The summed E-state index contributed by atoms with van der Waals surface area (Å²) in [5.74, 6) is 0.147. The fourth-order valence-electron chi connectivity index (χ4n) is 0.929. The first-order chi connectivity index (χ1) is 5.74. The van der Waals surface area contributed by atoms with Crippen LogP contribution in [0.4, 0.5) is 0 Å². The fourth-order valence-corrected chi connectivity index (χ4v) is 0.929. The Balaban J connectivity index is 2.47. The monoisotopic (exact) mass is 166 g/mol. The molecule has 0 N–H and O–H groups in total. The lowest BCUT2D eigenvalue weighted by Gasteiger charge is -2.14. The van der Waals surface area contributed by atoms with E-state index >= 15 is 0 Å². The maximum atomic E-state index is 11.3. The van der Waals surface area contributed by atoms with Crippen LogP contribution in [0.5, 0.6) is 0 Å². The summed E-state index contributed by atoms with van der Waals surface area (Å²) in [5.41, 5.74) is 0. The molecular weight excluding hydrogens is 152 g/mol. The molecule has 0 aliphatic rings. The zero-order valence-electron chi connectivity index (χ0n) is 7.53. The number of likely N-dealkylation sites (N-methyl/N-ethyl adjacent to an activating group) is 1. The first kappa shape index (κ1) is 8.84. The van der Waals surface area contributed by atoms with Gasteiger partial charge >= 0.3 is 0 Å². The van der Waals surface area contributed by atoms with Crippen LogP contribution >= 0.6 is 0 Å². The highest BCUT2D eigenvalue weighted by Crippen LogP contribution is 1.92. The lowest BCUT2D eigenvalue weighted by Crippen LogP contribution is -2.29. The van der Waals surface area contributed by atoms with E-state index in [1.54, 1.807) is 4.90 Å². The van der Waals surface area contributed by atoms with Crippen LogP contribution in [-0.2, 0) is 11.3 Å². The minimum atomic E-state index is 0.147. The van der Waals surface area contributed by atoms with Crippen molar-refractivity contribution in [3.05, 3.63) is 24.5 Å². The summed E-state index contributed by atoms with van der Waals surface area (Å²) in [5, 5.41) is 0. The third kappa shape index (κ3) is 2.12. The highest BCUT2D eigenvalue weighted by atomic mass is 16.2. The molecule has 1 aromatic heterocycles. The van der Waals surface area contributed by atoms with Crippen molar-refractivity contribution in [2.75, 3.05) is 13.6 Å². The SMILES string of the molecule is CCN(C)C(=O)Cn1cccc1. The Bertz CT molecular complexity index is 241. The first-order valence-electron chi connectivity index (χ1n) is 4.08. The molecule has 66 valence electrons. The van der Waals surface area contributed by atoms with Crippen LogP contribution in [0.2, 0.25) is 0 Å². The lowest BCUT2D eigenvalue weighted by molar-refractivity contribution is -0.130. The van der Waals surface area contributed by atoms with Crippen molar-refractivity contribution < 1.29 is 4.79 Å². The van der Waals surface area contributed by atoms with Gasteiger partial charge in [-0.25, -0.2) is 0 Å². The zero-order chi connectivity index (χ0) is 8.97. The van der Waals surface area contributed by atoms with Crippen LogP contribution in [0, 0.1) is 0 Å². The molecule has 0 fully saturated rings. The van der Waals surface area contributed by atoms with E-state index in [0.29, 0.717) is 6.54 Å². The highest BCUT2D eigenvalue weighted by molar-refractivity contribution is 5.75. The van der Waals surface area contributed by atoms with Gasteiger partial charge in [-0.2, -0.15) is 0 Å². The average Bonchev–Trinajstić information content (AvgIpc) is 2.55. The Labute approximate surface area is 72.6 Å². The van der Waals surface area contributed by atoms with Crippen molar-refractivity contribution in [1.82, 2.24) is 9.47 Å². The Morgan fingerprint density at radius 2 is 2.00 bits per heavy atom. The van der Waals surface area contributed by atoms with Gasteiger partial charge in [0, 0.05) is 26.0 Å². The van der Waals surface area contributed by atoms with E-state index in [1.807, 2.05) is 43.1 Å². The van der Waals surface area contributed by atoms with Gasteiger partial charge in [0.2, 0.25) is 5.91 Å². The molecule has 1 aromatic rings. The van der Waals surface area contributed by atoms with Crippen LogP contribution in [0.15, 0.2) is 24.5 Å². The zero-order valence-corrected chi connectivity index (χ0v) is 7.53. The maximum Gasteiger partial charge on any atom is 0.242 e. The van der Waals surface area contributed by atoms with Gasteiger partial charge in [0.05, 0.1) is 0 Å². The fraction of sp³-hybridized carbons (Fsp3) is 0.444. The Morgan fingerprint density at radius 3 is 2.50 bits per heavy atom. The number of nitrogens with zero attached hydrogens (tertiary/aromatic N) is 2. The van der Waals surface area contributed by atoms with E-state index in [2.05, 4.69) is 0 Å². The minimum Gasteiger partial charge on any atom is -0.345 e. The van der Waals surface area contributed by atoms with E-state index in [4.69, 9.17) is 0 Å². The van der Waals surface area contributed by atoms with E-state index in [9.17, 15) is 4.79 Å². The topological polar surface area (TPSA) is 25.2 Å². The number of hydrogen-bond acceptors (Lipinski definition) is 1. The summed E-state index contributed by atoms with van der Waals surface area (Å²) in [4.78, 5) is 13.1. The number of rotatable bonds is 3. The van der Waals surface area contributed by atoms with Crippen molar-refractivity contribution in [2.24, 2.45) is 0 Å². The second-order valence-electron chi connectivity index (χ2n) is 2.76. The number of hydrogen-bond donors (Lipinski definition) is 0. The van der Waals surface area contributed by atoms with E-state index < -0.39 is 0 Å². The van der Waals surface area contributed by atoms with Crippen LogP contribution in [-0.4, -0.2) is 29.0 Å². The molecule has 3 nitrogen and oxygen atoms in total. The van der Waals surface area contributed by atoms with Gasteiger partial charge < -0.3 is 9.47 Å². The minimum absolute atomic E-state index is 0.147. The second-order valence-corrected chi connectivity index (χ2v) is 2.76. The smallest absolute Gasteiger partial charge is 0.242 e. The summed E-state index contributed by atoms with van der Waals surface area (Å²) >= 11 is 0. The summed E-state index contributed by atoms with van der Waals surface area (Å²) in [7, 11) is 1.81. The molecule has 0 aliphatic carbocycles. The molecule has 0 atom stereocenters. The molecule has 1 heterocycles. The number of carbonyl (C=O) groups excluding carboxylic acids is 1. The third-order valence-electron chi connectivity index (χ3n) is 1.88. The van der Waals surface area contributed by atoms with Crippen molar-refractivity contribution in [3.63, 3.8) is 0 Å². The molecule has 0 aliphatic heterocycles. The maximum absolute atomic E-state index is 11.3. The normalized spacial score (nSPS) is 9.83. The molecule has 0 aromatic carbocycles. The third-order valence-corrected chi connectivity index (χ3v) is 1.88. The van der Waals surface area contributed by atoms with E-state index in [0.717, 1.165) is 6.54 Å². The van der Waals surface area contributed by atoms with Crippen LogP contribution in [0.1, 0.15) is 6.92 Å². The average molecular weight is 166 g/mol. The van der Waals surface area contributed by atoms with Crippen molar-refractivity contribution >= 4 is 5.91 Å². The number of amides is 1. The molecule has 0 bridgehead atoms. The molecule has 1 amide bonds. The standard InChI is InChI=1S/C9H14N2O/c1-3-10(2)9(12)8-11-6-4-5-7-11/h4-7H,3,8H2,1-2H3. The Kier molecular flexibility index (Phi) is 2.91. The predicted molar refractivity (Wildman–Crippen MR) is 47.7 cm³/mol. The Hall–Kier alpha value is -1.25. The highest BCUT2D eigenvalue weighted by Gasteiger charge is 2.05. The molecule has 0 unspecified atom stereocenters. The second kappa shape index (κ2) is 3.95. The molecule has 1 rings (SSSR count). The number of carbonyl (C=O) groups is 1. The van der Waals surface area contributed by atoms with Crippen molar-refractivity contribution in [1.29, 1.82) is 0 Å². The molecule has 12 heavy (non-hydrogen) atoms. The molecular formula is C9H14N2O. The van der Waals surface area contributed by atoms with Gasteiger partial charge in [0.1, 0.15) is 6.54 Å². The van der Waals surface area contributed by atoms with Crippen LogP contribution in [0.25, 0.3) is 0 Å². The molecule has 0 saturated heterocycles. The summed E-state index contributed by atoms with van der Waals surface area (Å²) < 4.78 is 1.87. The predicted octanol–water partition coefficient (Wildman–Crippen LogP) is 0.966. The summed E-state index contributed by atoms with van der Waals surface area (Å²) in [6.07, 6.45) is 3.78. The van der Waals surface area contributed by atoms with Crippen molar-refractivity contribution in [3.8, 4) is 0 Å². The van der Waals surface area contributed by atoms with Gasteiger partial charge in [-0.3, -0.25) is 4.79 Å². The van der Waals surface area contributed by atoms with Crippen LogP contribution in [0.3, 0.4) is 0 Å². The quantitative estimate of drug-likeness (QED) is 0.656. The van der Waals surface area contributed by atoms with E-state index in [1.165, 1.54) is 0 Å². The molecule has 0 spiro atoms. The van der Waals surface area contributed by atoms with E-state index in [-0.39, 0.29) is 5.91 Å². The molecule has 0 saturated carbocycles. The van der Waals surface area contributed by atoms with Gasteiger partial charge in [0.25, 0.3) is 0 Å². The molecule has 3 heteroatoms. The first-order valence-corrected chi connectivity index (χ1v) is 4.08.